The number of furan rings is 1. The van der Waals surface area contributed by atoms with Crippen molar-refractivity contribution in [2.75, 3.05) is 0 Å². The summed E-state index contributed by atoms with van der Waals surface area (Å²) in [5.74, 6) is 0.576. The maximum Gasteiger partial charge on any atom is 0.338 e. The number of carbonyl (C=O) groups is 1. The van der Waals surface area contributed by atoms with Gasteiger partial charge in [0.1, 0.15) is 12.4 Å². The summed E-state index contributed by atoms with van der Waals surface area (Å²) in [5, 5.41) is 0. The topological polar surface area (TPSA) is 39.4 Å². The quantitative estimate of drug-likeness (QED) is 0.782. The van der Waals surface area contributed by atoms with Crippen LogP contribution in [-0.2, 0) is 17.8 Å². The lowest BCUT2D eigenvalue weighted by Gasteiger charge is -2.17. The Labute approximate surface area is 119 Å². The van der Waals surface area contributed by atoms with Crippen molar-refractivity contribution in [3.8, 4) is 0 Å². The summed E-state index contributed by atoms with van der Waals surface area (Å²) in [7, 11) is 0. The molecule has 0 bridgehead atoms. The van der Waals surface area contributed by atoms with Crippen LogP contribution in [0.5, 0.6) is 0 Å². The van der Waals surface area contributed by atoms with Crippen molar-refractivity contribution in [2.45, 2.75) is 33.8 Å². The zero-order valence-electron chi connectivity index (χ0n) is 12.2. The van der Waals surface area contributed by atoms with E-state index in [-0.39, 0.29) is 18.0 Å². The van der Waals surface area contributed by atoms with Crippen LogP contribution in [0.4, 0.5) is 0 Å². The summed E-state index contributed by atoms with van der Waals surface area (Å²) in [6.45, 7) is 6.69. The fourth-order valence-corrected chi connectivity index (χ4v) is 1.93. The molecule has 0 unspecified atom stereocenters. The summed E-state index contributed by atoms with van der Waals surface area (Å²) >= 11 is 0. The first kappa shape index (κ1) is 14.4. The van der Waals surface area contributed by atoms with Crippen molar-refractivity contribution < 1.29 is 13.9 Å². The average molecular weight is 272 g/mol. The zero-order chi connectivity index (χ0) is 14.6. The minimum atomic E-state index is -0.312. The maximum absolute atomic E-state index is 11.9. The van der Waals surface area contributed by atoms with E-state index in [0.29, 0.717) is 5.56 Å². The first-order valence-electron chi connectivity index (χ1n) is 6.73. The molecule has 3 heteroatoms. The van der Waals surface area contributed by atoms with E-state index in [0.717, 1.165) is 17.7 Å². The van der Waals surface area contributed by atoms with Crippen LogP contribution in [0.2, 0.25) is 0 Å². The molecule has 2 aromatic rings. The highest BCUT2D eigenvalue weighted by Crippen LogP contribution is 2.24. The van der Waals surface area contributed by atoms with Crippen LogP contribution in [0.3, 0.4) is 0 Å². The highest BCUT2D eigenvalue weighted by molar-refractivity contribution is 5.89. The van der Waals surface area contributed by atoms with Gasteiger partial charge in [-0.15, -0.1) is 0 Å². The van der Waals surface area contributed by atoms with Crippen LogP contribution in [0.1, 0.15) is 42.5 Å². The van der Waals surface area contributed by atoms with E-state index in [1.807, 2.05) is 24.3 Å². The second kappa shape index (κ2) is 5.95. The van der Waals surface area contributed by atoms with Crippen LogP contribution < -0.4 is 0 Å². The van der Waals surface area contributed by atoms with Gasteiger partial charge in [-0.05, 0) is 23.6 Å². The molecule has 3 nitrogen and oxygen atoms in total. The smallest absolute Gasteiger partial charge is 0.338 e. The molecule has 0 aliphatic heterocycles. The van der Waals surface area contributed by atoms with Gasteiger partial charge in [0.25, 0.3) is 0 Å². The van der Waals surface area contributed by atoms with Crippen molar-refractivity contribution in [1.82, 2.24) is 0 Å². The van der Waals surface area contributed by atoms with Crippen molar-refractivity contribution >= 4 is 5.97 Å². The van der Waals surface area contributed by atoms with Gasteiger partial charge in [-0.1, -0.05) is 39.0 Å². The molecule has 1 aromatic carbocycles. The fourth-order valence-electron chi connectivity index (χ4n) is 1.93. The predicted octanol–water partition coefficient (Wildman–Crippen LogP) is 4.23. The number of hydrogen-bond acceptors (Lipinski definition) is 3. The first-order chi connectivity index (χ1) is 9.46. The Bertz CT molecular complexity index is 561. The normalized spacial score (nSPS) is 11.3. The largest absolute Gasteiger partial charge is 0.469 e. The van der Waals surface area contributed by atoms with E-state index < -0.39 is 0 Å². The van der Waals surface area contributed by atoms with Gasteiger partial charge in [0.05, 0.1) is 11.8 Å². The summed E-state index contributed by atoms with van der Waals surface area (Å²) in [6, 6.07) is 10.9. The lowest BCUT2D eigenvalue weighted by molar-refractivity contribution is 0.0470. The maximum atomic E-state index is 11.9. The molecule has 0 atom stereocenters. The lowest BCUT2D eigenvalue weighted by Crippen LogP contribution is -2.11. The Kier molecular flexibility index (Phi) is 4.28. The molecule has 106 valence electrons. The van der Waals surface area contributed by atoms with Gasteiger partial charge in [0, 0.05) is 12.0 Å². The number of benzene rings is 1. The van der Waals surface area contributed by atoms with Crippen LogP contribution >= 0.6 is 0 Å². The molecule has 1 aromatic heterocycles. The van der Waals surface area contributed by atoms with E-state index in [9.17, 15) is 4.79 Å². The van der Waals surface area contributed by atoms with Gasteiger partial charge in [-0.25, -0.2) is 4.79 Å². The van der Waals surface area contributed by atoms with Crippen molar-refractivity contribution in [2.24, 2.45) is 5.41 Å². The summed E-state index contributed by atoms with van der Waals surface area (Å²) in [5.41, 5.74) is 1.63. The summed E-state index contributed by atoms with van der Waals surface area (Å²) in [6.07, 6.45) is 2.46. The molecule has 0 saturated carbocycles. The third-order valence-corrected chi connectivity index (χ3v) is 2.90. The molecular formula is C17H20O3. The molecule has 0 aliphatic rings. The highest BCUT2D eigenvalue weighted by Gasteiger charge is 2.17. The molecule has 20 heavy (non-hydrogen) atoms. The predicted molar refractivity (Wildman–Crippen MR) is 77.4 cm³/mol. The van der Waals surface area contributed by atoms with Gasteiger partial charge in [0.2, 0.25) is 0 Å². The van der Waals surface area contributed by atoms with E-state index in [2.05, 4.69) is 20.8 Å². The first-order valence-corrected chi connectivity index (χ1v) is 6.73. The second-order valence-electron chi connectivity index (χ2n) is 6.05. The van der Waals surface area contributed by atoms with Crippen molar-refractivity contribution in [1.29, 1.82) is 0 Å². The molecule has 0 saturated heterocycles. The van der Waals surface area contributed by atoms with Gasteiger partial charge in [-0.2, -0.15) is 0 Å². The van der Waals surface area contributed by atoms with Gasteiger partial charge >= 0.3 is 5.97 Å². The highest BCUT2D eigenvalue weighted by atomic mass is 16.5. The number of hydrogen-bond donors (Lipinski definition) is 0. The van der Waals surface area contributed by atoms with Crippen LogP contribution in [0.15, 0.2) is 47.1 Å². The van der Waals surface area contributed by atoms with E-state index in [1.54, 1.807) is 18.4 Å². The number of rotatable bonds is 4. The van der Waals surface area contributed by atoms with Gasteiger partial charge in [-0.3, -0.25) is 0 Å². The fraction of sp³-hybridized carbons (Fsp3) is 0.353. The standard InChI is InChI=1S/C17H20O3/c1-17(2,3)11-15-14(9-10-19-15)12-20-16(18)13-7-5-4-6-8-13/h4-10H,11-12H2,1-3H3. The number of ether oxygens (including phenoxy) is 1. The molecule has 0 amide bonds. The Morgan fingerprint density at radius 2 is 1.85 bits per heavy atom. The molecular weight excluding hydrogens is 252 g/mol. The Morgan fingerprint density at radius 1 is 1.15 bits per heavy atom. The van der Waals surface area contributed by atoms with E-state index in [1.165, 1.54) is 0 Å². The second-order valence-corrected chi connectivity index (χ2v) is 6.05. The van der Waals surface area contributed by atoms with Gasteiger partial charge < -0.3 is 9.15 Å². The Balaban J connectivity index is 1.98. The average Bonchev–Trinajstić information content (AvgIpc) is 2.82. The molecule has 0 radical (unpaired) electrons. The molecule has 1 heterocycles. The van der Waals surface area contributed by atoms with E-state index in [4.69, 9.17) is 9.15 Å². The van der Waals surface area contributed by atoms with Crippen molar-refractivity contribution in [3.63, 3.8) is 0 Å². The minimum absolute atomic E-state index is 0.135. The van der Waals surface area contributed by atoms with Gasteiger partial charge in [0.15, 0.2) is 0 Å². The minimum Gasteiger partial charge on any atom is -0.469 e. The molecule has 2 rings (SSSR count). The van der Waals surface area contributed by atoms with Crippen LogP contribution in [0.25, 0.3) is 0 Å². The molecule has 0 spiro atoms. The molecule has 0 N–H and O–H groups in total. The zero-order valence-corrected chi connectivity index (χ0v) is 12.2. The SMILES string of the molecule is CC(C)(C)Cc1occc1COC(=O)c1ccccc1. The monoisotopic (exact) mass is 272 g/mol. The lowest BCUT2D eigenvalue weighted by atomic mass is 9.90. The molecule has 0 aliphatic carbocycles. The summed E-state index contributed by atoms with van der Waals surface area (Å²) in [4.78, 5) is 11.9. The summed E-state index contributed by atoms with van der Waals surface area (Å²) < 4.78 is 10.8. The Hall–Kier alpha value is -2.03. The van der Waals surface area contributed by atoms with Crippen LogP contribution in [-0.4, -0.2) is 5.97 Å². The third-order valence-electron chi connectivity index (χ3n) is 2.90. The van der Waals surface area contributed by atoms with Crippen LogP contribution in [0, 0.1) is 5.41 Å². The Morgan fingerprint density at radius 3 is 2.50 bits per heavy atom. The number of esters is 1. The third kappa shape index (κ3) is 3.98. The number of carbonyl (C=O) groups excluding carboxylic acids is 1. The van der Waals surface area contributed by atoms with E-state index >= 15 is 0 Å². The van der Waals surface area contributed by atoms with Crippen molar-refractivity contribution in [3.05, 3.63) is 59.5 Å². The molecule has 0 fully saturated rings.